The van der Waals surface area contributed by atoms with Gasteiger partial charge in [-0.3, -0.25) is 4.72 Å². The number of ether oxygens (including phenoxy) is 1. The summed E-state index contributed by atoms with van der Waals surface area (Å²) >= 11 is 0. The van der Waals surface area contributed by atoms with E-state index in [-0.39, 0.29) is 9.79 Å². The lowest BCUT2D eigenvalue weighted by atomic mass is 10.3. The Balaban J connectivity index is 2.33. The van der Waals surface area contributed by atoms with Crippen LogP contribution in [0.5, 0.6) is 5.75 Å². The minimum Gasteiger partial charge on any atom is -0.404 e. The fourth-order valence-corrected chi connectivity index (χ4v) is 3.68. The molecular weight excluding hydrogens is 397 g/mol. The molecule has 26 heavy (non-hydrogen) atoms. The maximum atomic E-state index is 12.4. The largest absolute Gasteiger partial charge is 0.573 e. The minimum absolute atomic E-state index is 0.167. The highest BCUT2D eigenvalue weighted by molar-refractivity contribution is 7.92. The van der Waals surface area contributed by atoms with Crippen molar-refractivity contribution in [2.75, 3.05) is 11.8 Å². The highest BCUT2D eigenvalue weighted by Gasteiger charge is 2.32. The second kappa shape index (κ2) is 7.13. The van der Waals surface area contributed by atoms with Gasteiger partial charge in [-0.15, -0.1) is 13.2 Å². The van der Waals surface area contributed by atoms with Gasteiger partial charge in [-0.25, -0.2) is 21.6 Å². The monoisotopic (exact) mass is 410 g/mol. The third kappa shape index (κ3) is 4.86. The Hall–Kier alpha value is -2.31. The number of sulfonamides is 2. The average Bonchev–Trinajstić information content (AvgIpc) is 2.55. The van der Waals surface area contributed by atoms with Crippen molar-refractivity contribution in [1.82, 2.24) is 4.72 Å². The van der Waals surface area contributed by atoms with Crippen LogP contribution in [0.1, 0.15) is 0 Å². The third-order valence-corrected chi connectivity index (χ3v) is 5.88. The van der Waals surface area contributed by atoms with Crippen LogP contribution in [0.15, 0.2) is 58.3 Å². The average molecular weight is 410 g/mol. The fourth-order valence-electron chi connectivity index (χ4n) is 1.88. The molecule has 0 amide bonds. The van der Waals surface area contributed by atoms with Crippen LogP contribution < -0.4 is 14.2 Å². The zero-order valence-corrected chi connectivity index (χ0v) is 14.7. The molecule has 0 aliphatic heterocycles. The SMILES string of the molecule is CNS(=O)(=O)c1ccc(S(=O)(=O)Nc2ccccc2OC(F)(F)F)cc1. The first-order valence-electron chi connectivity index (χ1n) is 6.86. The van der Waals surface area contributed by atoms with Crippen molar-refractivity contribution in [1.29, 1.82) is 0 Å². The van der Waals surface area contributed by atoms with Gasteiger partial charge in [-0.1, -0.05) is 12.1 Å². The molecule has 0 fully saturated rings. The Morgan fingerprint density at radius 2 is 1.35 bits per heavy atom. The molecule has 0 aromatic heterocycles. The molecule has 0 heterocycles. The molecule has 0 unspecified atom stereocenters. The van der Waals surface area contributed by atoms with Crippen molar-refractivity contribution in [3.8, 4) is 5.75 Å². The van der Waals surface area contributed by atoms with E-state index < -0.39 is 37.8 Å². The standard InChI is InChI=1S/C14H13F3N2O5S2/c1-18-25(20,21)10-6-8-11(9-7-10)26(22,23)19-12-4-2-3-5-13(12)24-14(15,16)17/h2-9,18-19H,1H3. The van der Waals surface area contributed by atoms with Crippen molar-refractivity contribution in [2.45, 2.75) is 16.2 Å². The number of hydrogen-bond acceptors (Lipinski definition) is 5. The molecule has 7 nitrogen and oxygen atoms in total. The number of anilines is 1. The number of rotatable bonds is 6. The topological polar surface area (TPSA) is 102 Å². The zero-order chi connectivity index (χ0) is 19.6. The summed E-state index contributed by atoms with van der Waals surface area (Å²) in [5.41, 5.74) is -0.420. The second-order valence-corrected chi connectivity index (χ2v) is 8.40. The first kappa shape index (κ1) is 20.0. The molecule has 0 spiro atoms. The number of benzene rings is 2. The first-order chi connectivity index (χ1) is 11.9. The molecule has 0 aliphatic carbocycles. The molecule has 0 atom stereocenters. The summed E-state index contributed by atoms with van der Waals surface area (Å²) in [4.78, 5) is -0.505. The molecule has 2 aromatic carbocycles. The van der Waals surface area contributed by atoms with Gasteiger partial charge in [-0.2, -0.15) is 0 Å². The van der Waals surface area contributed by atoms with Crippen molar-refractivity contribution in [2.24, 2.45) is 0 Å². The van der Waals surface area contributed by atoms with Crippen molar-refractivity contribution in [3.05, 3.63) is 48.5 Å². The first-order valence-corrected chi connectivity index (χ1v) is 9.82. The summed E-state index contributed by atoms with van der Waals surface area (Å²) in [5, 5.41) is 0. The molecular formula is C14H13F3N2O5S2. The van der Waals surface area contributed by atoms with Gasteiger partial charge in [0.15, 0.2) is 5.75 Å². The van der Waals surface area contributed by atoms with Crippen LogP contribution in [0.4, 0.5) is 18.9 Å². The van der Waals surface area contributed by atoms with Crippen molar-refractivity contribution >= 4 is 25.7 Å². The number of nitrogens with one attached hydrogen (secondary N) is 2. The van der Waals surface area contributed by atoms with E-state index in [1.54, 1.807) is 0 Å². The zero-order valence-electron chi connectivity index (χ0n) is 13.1. The Morgan fingerprint density at radius 3 is 1.85 bits per heavy atom. The van der Waals surface area contributed by atoms with E-state index in [0.29, 0.717) is 0 Å². The normalized spacial score (nSPS) is 12.6. The molecule has 0 saturated carbocycles. The second-order valence-electron chi connectivity index (χ2n) is 4.83. The van der Waals surface area contributed by atoms with Gasteiger partial charge >= 0.3 is 6.36 Å². The van der Waals surface area contributed by atoms with E-state index >= 15 is 0 Å². The van der Waals surface area contributed by atoms with Crippen LogP contribution in [0, 0.1) is 0 Å². The van der Waals surface area contributed by atoms with Gasteiger partial charge < -0.3 is 4.74 Å². The van der Waals surface area contributed by atoms with E-state index in [0.717, 1.165) is 36.4 Å². The van der Waals surface area contributed by atoms with Crippen LogP contribution >= 0.6 is 0 Å². The third-order valence-electron chi connectivity index (χ3n) is 3.07. The highest BCUT2D eigenvalue weighted by Crippen LogP contribution is 2.31. The lowest BCUT2D eigenvalue weighted by molar-refractivity contribution is -0.274. The van der Waals surface area contributed by atoms with Crippen LogP contribution in [-0.2, 0) is 20.0 Å². The minimum atomic E-state index is -5.00. The Bertz CT molecular complexity index is 988. The molecule has 0 bridgehead atoms. The molecule has 0 aliphatic rings. The van der Waals surface area contributed by atoms with Crippen molar-refractivity contribution < 1.29 is 34.7 Å². The number of para-hydroxylation sites is 2. The van der Waals surface area contributed by atoms with Crippen LogP contribution in [0.3, 0.4) is 0 Å². The van der Waals surface area contributed by atoms with E-state index in [1.165, 1.54) is 19.2 Å². The summed E-state index contributed by atoms with van der Waals surface area (Å²) in [5.74, 6) is -0.724. The van der Waals surface area contributed by atoms with Gasteiger partial charge in [0, 0.05) is 0 Å². The van der Waals surface area contributed by atoms with Crippen LogP contribution in [-0.4, -0.2) is 30.2 Å². The predicted molar refractivity (Wildman–Crippen MR) is 86.6 cm³/mol. The number of halogens is 3. The molecule has 0 radical (unpaired) electrons. The van der Waals surface area contributed by atoms with E-state index in [1.807, 2.05) is 4.72 Å². The van der Waals surface area contributed by atoms with E-state index in [2.05, 4.69) is 9.46 Å². The maximum Gasteiger partial charge on any atom is 0.573 e. The van der Waals surface area contributed by atoms with Crippen LogP contribution in [0.25, 0.3) is 0 Å². The summed E-state index contributed by atoms with van der Waals surface area (Å²) in [7, 11) is -6.84. The number of hydrogen-bond donors (Lipinski definition) is 2. The molecule has 2 N–H and O–H groups in total. The lowest BCUT2D eigenvalue weighted by Gasteiger charge is -2.15. The predicted octanol–water partition coefficient (Wildman–Crippen LogP) is 2.29. The summed E-state index contributed by atoms with van der Waals surface area (Å²) in [6.45, 7) is 0. The van der Waals surface area contributed by atoms with E-state index in [9.17, 15) is 30.0 Å². The maximum absolute atomic E-state index is 12.4. The Kier molecular flexibility index (Phi) is 5.49. The summed E-state index contributed by atoms with van der Waals surface area (Å²) < 4.78 is 93.0. The van der Waals surface area contributed by atoms with Gasteiger partial charge in [0.2, 0.25) is 10.0 Å². The number of alkyl halides is 3. The summed E-state index contributed by atoms with van der Waals surface area (Å²) in [6, 6.07) is 8.75. The quantitative estimate of drug-likeness (QED) is 0.761. The van der Waals surface area contributed by atoms with Gasteiger partial charge in [0.05, 0.1) is 15.5 Å². The van der Waals surface area contributed by atoms with Crippen LogP contribution in [0.2, 0.25) is 0 Å². The molecule has 142 valence electrons. The summed E-state index contributed by atoms with van der Waals surface area (Å²) in [6.07, 6.45) is -5.00. The lowest BCUT2D eigenvalue weighted by Crippen LogP contribution is -2.20. The Morgan fingerprint density at radius 1 is 0.846 bits per heavy atom. The molecule has 12 heteroatoms. The van der Waals surface area contributed by atoms with Crippen molar-refractivity contribution in [3.63, 3.8) is 0 Å². The van der Waals surface area contributed by atoms with Gasteiger partial charge in [0.1, 0.15) is 0 Å². The molecule has 2 rings (SSSR count). The van der Waals surface area contributed by atoms with Gasteiger partial charge in [0.25, 0.3) is 10.0 Å². The Labute approximate surface area is 147 Å². The fraction of sp³-hybridized carbons (Fsp3) is 0.143. The highest BCUT2D eigenvalue weighted by atomic mass is 32.2. The molecule has 0 saturated heterocycles. The smallest absolute Gasteiger partial charge is 0.404 e. The van der Waals surface area contributed by atoms with E-state index in [4.69, 9.17) is 0 Å². The molecule has 2 aromatic rings. The van der Waals surface area contributed by atoms with Gasteiger partial charge in [-0.05, 0) is 43.4 Å².